The Labute approximate surface area is 167 Å². The predicted octanol–water partition coefficient (Wildman–Crippen LogP) is 3.57. The number of aromatic nitrogens is 2. The van der Waals surface area contributed by atoms with Crippen molar-refractivity contribution in [3.8, 4) is 0 Å². The molecule has 0 saturated heterocycles. The number of rotatable bonds is 6. The number of carboxylic acids is 1. The maximum atomic E-state index is 10.6. The third-order valence-corrected chi connectivity index (χ3v) is 4.39. The van der Waals surface area contributed by atoms with E-state index in [9.17, 15) is 13.2 Å². The Balaban J connectivity index is 0.000000370. The molecule has 0 amide bonds. The molecule has 0 bridgehead atoms. The van der Waals surface area contributed by atoms with Gasteiger partial charge in [0.15, 0.2) is 0 Å². The number of halogens is 3. The van der Waals surface area contributed by atoms with Gasteiger partial charge >= 0.3 is 12.1 Å². The number of hydrogen-bond donors (Lipinski definition) is 1. The summed E-state index contributed by atoms with van der Waals surface area (Å²) in [6.07, 6.45) is -2.91. The Morgan fingerprint density at radius 2 is 2.07 bits per heavy atom. The molecule has 1 aliphatic heterocycles. The van der Waals surface area contributed by atoms with Crippen molar-refractivity contribution >= 4 is 5.97 Å². The lowest BCUT2D eigenvalue weighted by Crippen LogP contribution is -2.34. The standard InChI is InChI=1S/C17H25N3O2.C2HF3O2/c1-4-20-10-14-8-19(11-16-7-6-13(3)22-16)9-15(12-21-5-2)17(14)18-20;3-2(4,5)1(6)7/h6-7,10,15H,4-5,8-9,11-12H2,1-3H3;(H,6,7). The molecule has 2 aromatic rings. The highest BCUT2D eigenvalue weighted by molar-refractivity contribution is 5.73. The number of fused-ring (bicyclic) bond motifs is 1. The molecule has 3 rings (SSSR count). The summed E-state index contributed by atoms with van der Waals surface area (Å²) < 4.78 is 45.2. The smallest absolute Gasteiger partial charge is 0.475 e. The fraction of sp³-hybridized carbons (Fsp3) is 0.579. The fourth-order valence-electron chi connectivity index (χ4n) is 3.11. The zero-order chi connectivity index (χ0) is 21.6. The molecule has 1 N–H and O–H groups in total. The van der Waals surface area contributed by atoms with Gasteiger partial charge in [0.25, 0.3) is 0 Å². The van der Waals surface area contributed by atoms with E-state index in [1.54, 1.807) is 0 Å². The van der Waals surface area contributed by atoms with Crippen LogP contribution in [0.4, 0.5) is 13.2 Å². The molecular weight excluding hydrogens is 391 g/mol. The molecule has 0 aliphatic carbocycles. The summed E-state index contributed by atoms with van der Waals surface area (Å²) in [5.41, 5.74) is 2.53. The Hall–Kier alpha value is -2.33. The Kier molecular flexibility index (Phi) is 7.86. The average molecular weight is 417 g/mol. The second-order valence-electron chi connectivity index (χ2n) is 6.74. The van der Waals surface area contributed by atoms with Crippen LogP contribution in [0.1, 0.15) is 42.5 Å². The molecule has 7 nitrogen and oxygen atoms in total. The predicted molar refractivity (Wildman–Crippen MR) is 98.4 cm³/mol. The summed E-state index contributed by atoms with van der Waals surface area (Å²) in [6.45, 7) is 11.3. The summed E-state index contributed by atoms with van der Waals surface area (Å²) >= 11 is 0. The topological polar surface area (TPSA) is 80.7 Å². The largest absolute Gasteiger partial charge is 0.490 e. The van der Waals surface area contributed by atoms with Crippen molar-refractivity contribution in [2.75, 3.05) is 19.8 Å². The molecule has 1 atom stereocenters. The molecule has 162 valence electrons. The monoisotopic (exact) mass is 417 g/mol. The van der Waals surface area contributed by atoms with E-state index >= 15 is 0 Å². The molecule has 3 heterocycles. The van der Waals surface area contributed by atoms with Crippen LogP contribution in [0.25, 0.3) is 0 Å². The van der Waals surface area contributed by atoms with E-state index in [0.29, 0.717) is 5.92 Å². The number of aliphatic carboxylic acids is 1. The van der Waals surface area contributed by atoms with Crippen LogP contribution in [0.5, 0.6) is 0 Å². The molecule has 0 saturated carbocycles. The summed E-state index contributed by atoms with van der Waals surface area (Å²) in [5, 5.41) is 11.9. The van der Waals surface area contributed by atoms with Crippen LogP contribution < -0.4 is 0 Å². The molecule has 0 radical (unpaired) electrons. The second kappa shape index (κ2) is 9.93. The van der Waals surface area contributed by atoms with E-state index in [1.165, 1.54) is 11.3 Å². The van der Waals surface area contributed by atoms with Crippen LogP contribution in [0.3, 0.4) is 0 Å². The lowest BCUT2D eigenvalue weighted by Gasteiger charge is -2.31. The van der Waals surface area contributed by atoms with Crippen LogP contribution in [0.15, 0.2) is 22.7 Å². The number of furan rings is 1. The summed E-state index contributed by atoms with van der Waals surface area (Å²) in [4.78, 5) is 11.3. The first-order valence-corrected chi connectivity index (χ1v) is 9.35. The lowest BCUT2D eigenvalue weighted by atomic mass is 9.97. The second-order valence-corrected chi connectivity index (χ2v) is 6.74. The van der Waals surface area contributed by atoms with Crippen molar-refractivity contribution in [2.24, 2.45) is 0 Å². The number of aryl methyl sites for hydroxylation is 2. The SMILES string of the molecule is CCOCC1CN(Cc2ccc(C)o2)Cc2cn(CC)nc21.O=C(O)C(F)(F)F. The van der Waals surface area contributed by atoms with Gasteiger partial charge in [-0.15, -0.1) is 0 Å². The molecule has 10 heteroatoms. The minimum atomic E-state index is -5.08. The van der Waals surface area contributed by atoms with Gasteiger partial charge < -0.3 is 14.3 Å². The number of ether oxygens (including phenoxy) is 1. The summed E-state index contributed by atoms with van der Waals surface area (Å²) in [6, 6.07) is 4.09. The van der Waals surface area contributed by atoms with Crippen molar-refractivity contribution in [3.63, 3.8) is 0 Å². The maximum absolute atomic E-state index is 10.6. The minimum absolute atomic E-state index is 0.340. The van der Waals surface area contributed by atoms with Crippen LogP contribution in [-0.4, -0.2) is 51.7 Å². The van der Waals surface area contributed by atoms with E-state index in [4.69, 9.17) is 24.2 Å². The van der Waals surface area contributed by atoms with Crippen molar-refractivity contribution in [1.29, 1.82) is 0 Å². The summed E-state index contributed by atoms with van der Waals surface area (Å²) in [7, 11) is 0. The van der Waals surface area contributed by atoms with E-state index in [0.717, 1.165) is 50.9 Å². The first kappa shape index (κ1) is 23.0. The third kappa shape index (κ3) is 6.60. The van der Waals surface area contributed by atoms with Gasteiger partial charge in [-0.2, -0.15) is 18.3 Å². The number of hydrogen-bond acceptors (Lipinski definition) is 5. The minimum Gasteiger partial charge on any atom is -0.475 e. The van der Waals surface area contributed by atoms with Crippen LogP contribution in [0, 0.1) is 6.92 Å². The van der Waals surface area contributed by atoms with Gasteiger partial charge in [-0.1, -0.05) is 0 Å². The first-order valence-electron chi connectivity index (χ1n) is 9.35. The molecule has 2 aromatic heterocycles. The van der Waals surface area contributed by atoms with Crippen molar-refractivity contribution < 1.29 is 32.2 Å². The molecule has 29 heavy (non-hydrogen) atoms. The average Bonchev–Trinajstić information content (AvgIpc) is 3.25. The van der Waals surface area contributed by atoms with Gasteiger partial charge in [0.05, 0.1) is 18.8 Å². The van der Waals surface area contributed by atoms with Crippen LogP contribution >= 0.6 is 0 Å². The number of carboxylic acid groups (broad SMARTS) is 1. The molecule has 0 fully saturated rings. The molecule has 1 aliphatic rings. The van der Waals surface area contributed by atoms with E-state index in [1.807, 2.05) is 24.6 Å². The van der Waals surface area contributed by atoms with Crippen molar-refractivity contribution in [1.82, 2.24) is 14.7 Å². The molecule has 1 unspecified atom stereocenters. The van der Waals surface area contributed by atoms with Crippen molar-refractivity contribution in [3.05, 3.63) is 41.1 Å². The highest BCUT2D eigenvalue weighted by Crippen LogP contribution is 2.28. The van der Waals surface area contributed by atoms with Gasteiger partial charge in [-0.05, 0) is 32.9 Å². The molecular formula is C19H26F3N3O4. The highest BCUT2D eigenvalue weighted by Gasteiger charge is 2.38. The first-order chi connectivity index (χ1) is 13.6. The fourth-order valence-corrected chi connectivity index (χ4v) is 3.11. The van der Waals surface area contributed by atoms with Crippen LogP contribution in [-0.2, 0) is 29.2 Å². The zero-order valence-electron chi connectivity index (χ0n) is 16.7. The molecule has 0 aromatic carbocycles. The zero-order valence-corrected chi connectivity index (χ0v) is 16.7. The van der Waals surface area contributed by atoms with E-state index in [2.05, 4.69) is 24.1 Å². The van der Waals surface area contributed by atoms with E-state index in [-0.39, 0.29) is 0 Å². The van der Waals surface area contributed by atoms with E-state index < -0.39 is 12.1 Å². The Morgan fingerprint density at radius 3 is 2.59 bits per heavy atom. The number of nitrogens with zero attached hydrogens (tertiary/aromatic N) is 3. The lowest BCUT2D eigenvalue weighted by molar-refractivity contribution is -0.192. The van der Waals surface area contributed by atoms with Gasteiger partial charge in [0.2, 0.25) is 0 Å². The number of alkyl halides is 3. The van der Waals surface area contributed by atoms with Gasteiger partial charge in [-0.3, -0.25) is 9.58 Å². The highest BCUT2D eigenvalue weighted by atomic mass is 19.4. The van der Waals surface area contributed by atoms with Gasteiger partial charge in [-0.25, -0.2) is 4.79 Å². The summed E-state index contributed by atoms with van der Waals surface area (Å²) in [5.74, 6) is -0.420. The van der Waals surface area contributed by atoms with Gasteiger partial charge in [0, 0.05) is 43.9 Å². The third-order valence-electron chi connectivity index (χ3n) is 4.39. The maximum Gasteiger partial charge on any atom is 0.490 e. The number of carbonyl (C=O) groups is 1. The Bertz CT molecular complexity index is 801. The quantitative estimate of drug-likeness (QED) is 0.774. The normalized spacial score (nSPS) is 16.8. The van der Waals surface area contributed by atoms with Crippen LogP contribution in [0.2, 0.25) is 0 Å². The van der Waals surface area contributed by atoms with Gasteiger partial charge in [0.1, 0.15) is 11.5 Å². The Morgan fingerprint density at radius 1 is 1.38 bits per heavy atom. The molecule has 0 spiro atoms. The van der Waals surface area contributed by atoms with Crippen molar-refractivity contribution in [2.45, 2.75) is 52.5 Å².